The fourth-order valence-electron chi connectivity index (χ4n) is 5.13. The molecule has 0 unspecified atom stereocenters. The molecule has 1 aliphatic heterocycles. The Bertz CT molecular complexity index is 1510. The van der Waals surface area contributed by atoms with Crippen molar-refractivity contribution in [2.75, 3.05) is 44.7 Å². The Morgan fingerprint density at radius 2 is 1.55 bits per heavy atom. The van der Waals surface area contributed by atoms with Crippen LogP contribution in [0.5, 0.6) is 0 Å². The highest BCUT2D eigenvalue weighted by Gasteiger charge is 2.31. The smallest absolute Gasteiger partial charge is 0.243 e. The van der Waals surface area contributed by atoms with E-state index in [0.717, 1.165) is 59.7 Å². The summed E-state index contributed by atoms with van der Waals surface area (Å²) in [6, 6.07) is 23.4. The molecule has 1 aliphatic rings. The molecule has 3 aromatic carbocycles. The third-order valence-electron chi connectivity index (χ3n) is 7.22. The SMILES string of the molecule is Cc1nn(-c2ccccc2)c(N2CCN(C)CC2)c1CN(CC(C)C)S(=O)(=O)c1ccc2ccccc2c1. The number of benzene rings is 3. The molecule has 0 saturated carbocycles. The summed E-state index contributed by atoms with van der Waals surface area (Å²) in [6.45, 7) is 10.4. The molecule has 1 fully saturated rings. The number of para-hydroxylation sites is 1. The zero-order valence-corrected chi connectivity index (χ0v) is 23.5. The summed E-state index contributed by atoms with van der Waals surface area (Å²) >= 11 is 0. The first kappa shape index (κ1) is 26.4. The minimum Gasteiger partial charge on any atom is -0.354 e. The summed E-state index contributed by atoms with van der Waals surface area (Å²) in [7, 11) is -1.61. The Kier molecular flexibility index (Phi) is 7.56. The van der Waals surface area contributed by atoms with Gasteiger partial charge in [-0.2, -0.15) is 9.40 Å². The fraction of sp³-hybridized carbons (Fsp3) is 0.367. The molecule has 0 amide bonds. The summed E-state index contributed by atoms with van der Waals surface area (Å²) in [5, 5.41) is 6.89. The van der Waals surface area contributed by atoms with E-state index in [4.69, 9.17) is 5.10 Å². The molecule has 0 aliphatic carbocycles. The molecule has 0 N–H and O–H groups in total. The zero-order valence-electron chi connectivity index (χ0n) is 22.7. The monoisotopic (exact) mass is 531 g/mol. The number of hydrogen-bond acceptors (Lipinski definition) is 5. The fourth-order valence-corrected chi connectivity index (χ4v) is 6.74. The van der Waals surface area contributed by atoms with Crippen LogP contribution < -0.4 is 4.90 Å². The molecule has 8 heteroatoms. The van der Waals surface area contributed by atoms with Gasteiger partial charge in [0.15, 0.2) is 0 Å². The highest BCUT2D eigenvalue weighted by Crippen LogP contribution is 2.32. The number of aromatic nitrogens is 2. The summed E-state index contributed by atoms with van der Waals surface area (Å²) < 4.78 is 31.9. The van der Waals surface area contributed by atoms with E-state index in [2.05, 4.69) is 30.7 Å². The van der Waals surface area contributed by atoms with Gasteiger partial charge in [0.1, 0.15) is 5.82 Å². The molecule has 0 atom stereocenters. The maximum absolute atomic E-state index is 14.1. The van der Waals surface area contributed by atoms with Crippen LogP contribution in [0.15, 0.2) is 77.7 Å². The Labute approximate surface area is 226 Å². The van der Waals surface area contributed by atoms with Gasteiger partial charge in [0.25, 0.3) is 0 Å². The molecule has 4 aromatic rings. The topological polar surface area (TPSA) is 61.7 Å². The van der Waals surface area contributed by atoms with Crippen molar-refractivity contribution >= 4 is 26.6 Å². The van der Waals surface area contributed by atoms with Gasteiger partial charge in [-0.15, -0.1) is 0 Å². The average molecular weight is 532 g/mol. The predicted molar refractivity (Wildman–Crippen MR) is 154 cm³/mol. The highest BCUT2D eigenvalue weighted by molar-refractivity contribution is 7.89. The van der Waals surface area contributed by atoms with Crippen molar-refractivity contribution in [3.05, 3.63) is 84.1 Å². The third kappa shape index (κ3) is 5.34. The Morgan fingerprint density at radius 3 is 2.24 bits per heavy atom. The molecule has 7 nitrogen and oxygen atoms in total. The van der Waals surface area contributed by atoms with Gasteiger partial charge in [-0.1, -0.05) is 62.4 Å². The lowest BCUT2D eigenvalue weighted by molar-refractivity contribution is 0.310. The number of anilines is 1. The first-order valence-corrected chi connectivity index (χ1v) is 14.7. The standard InChI is InChI=1S/C30H37N5O2S/c1-23(2)21-34(38(36,37)28-15-14-25-10-8-9-11-26(25)20-28)22-29-24(3)31-35(27-12-6-5-7-13-27)30(29)33-18-16-32(4)17-19-33/h5-15,20,23H,16-19,21-22H2,1-4H3. The van der Waals surface area contributed by atoms with E-state index in [0.29, 0.717) is 11.4 Å². The zero-order chi connectivity index (χ0) is 26.9. The van der Waals surface area contributed by atoms with Crippen LogP contribution in [0, 0.1) is 12.8 Å². The van der Waals surface area contributed by atoms with Crippen LogP contribution in [0.4, 0.5) is 5.82 Å². The second-order valence-electron chi connectivity index (χ2n) is 10.6. The molecule has 0 spiro atoms. The van der Waals surface area contributed by atoms with Crippen LogP contribution in [0.1, 0.15) is 25.1 Å². The van der Waals surface area contributed by atoms with E-state index >= 15 is 0 Å². The van der Waals surface area contributed by atoms with Crippen LogP contribution in [-0.2, 0) is 16.6 Å². The van der Waals surface area contributed by atoms with Crippen molar-refractivity contribution < 1.29 is 8.42 Å². The maximum atomic E-state index is 14.1. The van der Waals surface area contributed by atoms with Crippen molar-refractivity contribution in [2.24, 2.45) is 5.92 Å². The second-order valence-corrected chi connectivity index (χ2v) is 12.6. The lowest BCUT2D eigenvalue weighted by Gasteiger charge is -2.35. The molecular weight excluding hydrogens is 494 g/mol. The van der Waals surface area contributed by atoms with E-state index < -0.39 is 10.0 Å². The highest BCUT2D eigenvalue weighted by atomic mass is 32.2. The Balaban J connectivity index is 1.59. The summed E-state index contributed by atoms with van der Waals surface area (Å²) in [5.74, 6) is 1.16. The Hall–Kier alpha value is -3.20. The minimum absolute atomic E-state index is 0.168. The summed E-state index contributed by atoms with van der Waals surface area (Å²) in [5.41, 5.74) is 2.79. The maximum Gasteiger partial charge on any atom is 0.243 e. The van der Waals surface area contributed by atoms with Crippen LogP contribution in [0.2, 0.25) is 0 Å². The third-order valence-corrected chi connectivity index (χ3v) is 9.03. The number of likely N-dealkylation sites (N-methyl/N-ethyl adjacent to an activating group) is 1. The summed E-state index contributed by atoms with van der Waals surface area (Å²) in [6.07, 6.45) is 0. The second kappa shape index (κ2) is 10.9. The minimum atomic E-state index is -3.74. The lowest BCUT2D eigenvalue weighted by atomic mass is 10.1. The van der Waals surface area contributed by atoms with Gasteiger partial charge in [0.05, 0.1) is 16.3 Å². The molecule has 5 rings (SSSR count). The number of rotatable bonds is 8. The van der Waals surface area contributed by atoms with Crippen molar-refractivity contribution in [1.82, 2.24) is 19.0 Å². The molecule has 38 heavy (non-hydrogen) atoms. The molecular formula is C30H37N5O2S. The molecule has 1 aromatic heterocycles. The van der Waals surface area contributed by atoms with E-state index in [1.807, 2.05) is 72.3 Å². The molecule has 200 valence electrons. The van der Waals surface area contributed by atoms with Crippen LogP contribution in [0.25, 0.3) is 16.5 Å². The van der Waals surface area contributed by atoms with Gasteiger partial charge in [0, 0.05) is 44.8 Å². The molecule has 2 heterocycles. The van der Waals surface area contributed by atoms with Crippen LogP contribution >= 0.6 is 0 Å². The van der Waals surface area contributed by atoms with Crippen LogP contribution in [0.3, 0.4) is 0 Å². The number of fused-ring (bicyclic) bond motifs is 1. The van der Waals surface area contributed by atoms with Crippen LogP contribution in [-0.4, -0.2) is 67.2 Å². The number of piperazine rings is 1. The average Bonchev–Trinajstić information content (AvgIpc) is 3.24. The molecule has 0 radical (unpaired) electrons. The van der Waals surface area contributed by atoms with Crippen molar-refractivity contribution in [2.45, 2.75) is 32.2 Å². The van der Waals surface area contributed by atoms with Gasteiger partial charge in [-0.05, 0) is 54.9 Å². The molecule has 0 bridgehead atoms. The Morgan fingerprint density at radius 1 is 0.895 bits per heavy atom. The quantitative estimate of drug-likeness (QED) is 0.323. The van der Waals surface area contributed by atoms with Crippen molar-refractivity contribution in [3.63, 3.8) is 0 Å². The predicted octanol–water partition coefficient (Wildman–Crippen LogP) is 4.93. The number of sulfonamides is 1. The van der Waals surface area contributed by atoms with Gasteiger partial charge in [0.2, 0.25) is 10.0 Å². The largest absolute Gasteiger partial charge is 0.354 e. The van der Waals surface area contributed by atoms with E-state index in [1.54, 1.807) is 16.4 Å². The first-order chi connectivity index (χ1) is 18.2. The van der Waals surface area contributed by atoms with E-state index in [1.165, 1.54) is 0 Å². The van der Waals surface area contributed by atoms with Gasteiger partial charge < -0.3 is 9.80 Å². The van der Waals surface area contributed by atoms with Gasteiger partial charge in [-0.3, -0.25) is 0 Å². The number of aryl methyl sites for hydroxylation is 1. The lowest BCUT2D eigenvalue weighted by Crippen LogP contribution is -2.45. The number of hydrogen-bond donors (Lipinski definition) is 0. The van der Waals surface area contributed by atoms with Gasteiger partial charge in [-0.25, -0.2) is 13.1 Å². The first-order valence-electron chi connectivity index (χ1n) is 13.3. The summed E-state index contributed by atoms with van der Waals surface area (Å²) in [4.78, 5) is 5.01. The van der Waals surface area contributed by atoms with Crippen molar-refractivity contribution in [3.8, 4) is 5.69 Å². The normalized spacial score (nSPS) is 15.2. The number of nitrogens with zero attached hydrogens (tertiary/aromatic N) is 5. The van der Waals surface area contributed by atoms with Crippen molar-refractivity contribution in [1.29, 1.82) is 0 Å². The van der Waals surface area contributed by atoms with E-state index in [-0.39, 0.29) is 12.5 Å². The van der Waals surface area contributed by atoms with E-state index in [9.17, 15) is 8.42 Å². The molecule has 1 saturated heterocycles. The van der Waals surface area contributed by atoms with Gasteiger partial charge >= 0.3 is 0 Å².